The maximum Gasteiger partial charge on any atom is 0.328 e. The maximum absolute atomic E-state index is 12.8. The smallest absolute Gasteiger partial charge is 0.328 e. The molecule has 0 aliphatic rings. The first-order chi connectivity index (χ1) is 18.1. The van der Waals surface area contributed by atoms with Crippen LogP contribution in [0, 0.1) is 6.92 Å². The molecule has 0 aliphatic carbocycles. The molecule has 12 heteroatoms. The molecular weight excluding hydrogens is 490 g/mol. The number of aryl methyl sites for hydroxylation is 1. The van der Waals surface area contributed by atoms with E-state index in [9.17, 15) is 14.4 Å². The van der Waals surface area contributed by atoms with E-state index in [1.54, 1.807) is 44.3 Å². The number of hydrogen-bond acceptors (Lipinski definition) is 11. The molecular formula is C26H33N7O5. The monoisotopic (exact) mass is 523 g/mol. The first kappa shape index (κ1) is 28.1. The summed E-state index contributed by atoms with van der Waals surface area (Å²) in [6.07, 6.45) is 1.79. The fourth-order valence-corrected chi connectivity index (χ4v) is 3.94. The molecule has 5 N–H and O–H groups in total. The van der Waals surface area contributed by atoms with Gasteiger partial charge in [-0.2, -0.15) is 9.97 Å². The van der Waals surface area contributed by atoms with Crippen molar-refractivity contribution in [1.29, 1.82) is 0 Å². The number of nitrogens with one attached hydrogen (secondary N) is 1. The van der Waals surface area contributed by atoms with E-state index in [1.807, 2.05) is 18.9 Å². The highest BCUT2D eigenvalue weighted by atomic mass is 16.5. The summed E-state index contributed by atoms with van der Waals surface area (Å²) in [7, 11) is 1.91. The Labute approximate surface area is 220 Å². The van der Waals surface area contributed by atoms with Crippen molar-refractivity contribution in [3.8, 4) is 0 Å². The van der Waals surface area contributed by atoms with Crippen LogP contribution >= 0.6 is 0 Å². The lowest BCUT2D eigenvalue weighted by atomic mass is 10.1. The molecule has 0 aliphatic heterocycles. The topological polar surface area (TPSA) is 176 Å². The number of anilines is 3. The Hall–Kier alpha value is -4.48. The van der Waals surface area contributed by atoms with Crippen LogP contribution in [-0.4, -0.2) is 59.1 Å². The number of carbonyl (C=O) groups is 3. The quantitative estimate of drug-likeness (QED) is 0.314. The Morgan fingerprint density at radius 3 is 2.39 bits per heavy atom. The number of hydrogen-bond donors (Lipinski definition) is 3. The number of fused-ring (bicyclic) bond motifs is 1. The average molecular weight is 524 g/mol. The summed E-state index contributed by atoms with van der Waals surface area (Å²) in [5, 5.41) is 3.33. The van der Waals surface area contributed by atoms with E-state index in [1.165, 1.54) is 0 Å². The Kier molecular flexibility index (Phi) is 9.36. The van der Waals surface area contributed by atoms with Crippen LogP contribution in [0.3, 0.4) is 0 Å². The highest BCUT2D eigenvalue weighted by Crippen LogP contribution is 2.25. The van der Waals surface area contributed by atoms with Gasteiger partial charge in [-0.25, -0.2) is 9.78 Å². The first-order valence-electron chi connectivity index (χ1n) is 12.3. The summed E-state index contributed by atoms with van der Waals surface area (Å²) in [6, 6.07) is 5.96. The predicted octanol–water partition coefficient (Wildman–Crippen LogP) is 2.14. The summed E-state index contributed by atoms with van der Waals surface area (Å²) in [5.41, 5.74) is 15.2. The lowest BCUT2D eigenvalue weighted by Crippen LogP contribution is -2.42. The van der Waals surface area contributed by atoms with Crippen molar-refractivity contribution in [2.45, 2.75) is 46.2 Å². The lowest BCUT2D eigenvalue weighted by molar-refractivity contribution is -0.146. The molecule has 0 saturated heterocycles. The molecule has 1 aromatic carbocycles. The van der Waals surface area contributed by atoms with Crippen LogP contribution < -0.4 is 21.7 Å². The zero-order valence-corrected chi connectivity index (χ0v) is 22.0. The molecule has 3 rings (SSSR count). The summed E-state index contributed by atoms with van der Waals surface area (Å²) >= 11 is 0. The zero-order chi connectivity index (χ0) is 27.8. The van der Waals surface area contributed by atoms with E-state index in [0.717, 1.165) is 16.8 Å². The van der Waals surface area contributed by atoms with Crippen molar-refractivity contribution in [3.05, 3.63) is 47.2 Å². The number of rotatable bonds is 11. The van der Waals surface area contributed by atoms with Crippen LogP contribution in [0.5, 0.6) is 0 Å². The van der Waals surface area contributed by atoms with E-state index >= 15 is 0 Å². The number of nitrogens with two attached hydrogens (primary N) is 2. The van der Waals surface area contributed by atoms with E-state index < -0.39 is 23.9 Å². The van der Waals surface area contributed by atoms with Gasteiger partial charge < -0.3 is 31.2 Å². The molecule has 0 bridgehead atoms. The van der Waals surface area contributed by atoms with Crippen LogP contribution in [0.1, 0.15) is 48.2 Å². The number of nitrogen functional groups attached to an aromatic ring is 2. The van der Waals surface area contributed by atoms with Crippen molar-refractivity contribution in [2.75, 3.05) is 36.6 Å². The molecule has 0 saturated carbocycles. The fourth-order valence-electron chi connectivity index (χ4n) is 3.94. The summed E-state index contributed by atoms with van der Waals surface area (Å²) in [4.78, 5) is 51.4. The third-order valence-electron chi connectivity index (χ3n) is 5.93. The Morgan fingerprint density at radius 2 is 1.74 bits per heavy atom. The number of ether oxygens (including phenoxy) is 2. The first-order valence-corrected chi connectivity index (χ1v) is 12.3. The largest absolute Gasteiger partial charge is 0.466 e. The number of carbonyl (C=O) groups excluding carboxylic acids is 3. The molecule has 12 nitrogen and oxygen atoms in total. The van der Waals surface area contributed by atoms with E-state index in [-0.39, 0.29) is 37.8 Å². The summed E-state index contributed by atoms with van der Waals surface area (Å²) in [6.45, 7) is 6.22. The van der Waals surface area contributed by atoms with Gasteiger partial charge in [-0.05, 0) is 62.6 Å². The van der Waals surface area contributed by atoms with Crippen LogP contribution in [0.2, 0.25) is 0 Å². The SMILES string of the molecule is CCOC(=O)CC[C@H](NC(=O)c1ccc(N(C)Cc2cnc3nc(N)nc(N)c3c2C)cc1)C(=O)OCC. The van der Waals surface area contributed by atoms with Crippen LogP contribution in [0.4, 0.5) is 17.5 Å². The second-order valence-corrected chi connectivity index (χ2v) is 8.60. The van der Waals surface area contributed by atoms with Gasteiger partial charge in [0.2, 0.25) is 5.95 Å². The minimum atomic E-state index is -0.968. The van der Waals surface area contributed by atoms with Crippen LogP contribution in [0.25, 0.3) is 11.0 Å². The number of aromatic nitrogens is 3. The van der Waals surface area contributed by atoms with E-state index in [0.29, 0.717) is 23.1 Å². The molecule has 2 heterocycles. The minimum absolute atomic E-state index is 0.0183. The average Bonchev–Trinajstić information content (AvgIpc) is 2.88. The normalized spacial score (nSPS) is 11.6. The van der Waals surface area contributed by atoms with Crippen LogP contribution in [-0.2, 0) is 25.6 Å². The number of amides is 1. The van der Waals surface area contributed by atoms with Gasteiger partial charge in [0, 0.05) is 37.5 Å². The highest BCUT2D eigenvalue weighted by Gasteiger charge is 2.24. The fraction of sp³-hybridized carbons (Fsp3) is 0.385. The van der Waals surface area contributed by atoms with Gasteiger partial charge in [-0.3, -0.25) is 9.59 Å². The predicted molar refractivity (Wildman–Crippen MR) is 143 cm³/mol. The summed E-state index contributed by atoms with van der Waals surface area (Å²) in [5.74, 6) is -1.15. The van der Waals surface area contributed by atoms with E-state index in [2.05, 4.69) is 20.3 Å². The van der Waals surface area contributed by atoms with Gasteiger partial charge in [-0.1, -0.05) is 0 Å². The maximum atomic E-state index is 12.8. The molecule has 0 radical (unpaired) electrons. The highest BCUT2D eigenvalue weighted by molar-refractivity contribution is 5.97. The molecule has 0 fully saturated rings. The van der Waals surface area contributed by atoms with E-state index in [4.69, 9.17) is 20.9 Å². The molecule has 3 aromatic rings. The van der Waals surface area contributed by atoms with Gasteiger partial charge in [0.05, 0.1) is 18.6 Å². The molecule has 1 atom stereocenters. The lowest BCUT2D eigenvalue weighted by Gasteiger charge is -2.21. The van der Waals surface area contributed by atoms with Gasteiger partial charge in [0.1, 0.15) is 11.9 Å². The Bertz CT molecular complexity index is 1310. The summed E-state index contributed by atoms with van der Waals surface area (Å²) < 4.78 is 9.96. The Morgan fingerprint density at radius 1 is 1.05 bits per heavy atom. The van der Waals surface area contributed by atoms with Crippen molar-refractivity contribution in [3.63, 3.8) is 0 Å². The number of pyridine rings is 1. The minimum Gasteiger partial charge on any atom is -0.466 e. The van der Waals surface area contributed by atoms with Crippen molar-refractivity contribution in [1.82, 2.24) is 20.3 Å². The molecule has 0 spiro atoms. The molecule has 2 aromatic heterocycles. The van der Waals surface area contributed by atoms with Crippen molar-refractivity contribution in [2.24, 2.45) is 0 Å². The molecule has 202 valence electrons. The van der Waals surface area contributed by atoms with Gasteiger partial charge in [0.25, 0.3) is 5.91 Å². The number of esters is 2. The molecule has 1 amide bonds. The Balaban J connectivity index is 1.69. The second kappa shape index (κ2) is 12.7. The van der Waals surface area contributed by atoms with Gasteiger partial charge in [0.15, 0.2) is 5.65 Å². The second-order valence-electron chi connectivity index (χ2n) is 8.60. The third kappa shape index (κ3) is 6.84. The van der Waals surface area contributed by atoms with Gasteiger partial charge in [-0.15, -0.1) is 0 Å². The standard InChI is InChI=1S/C26H33N7O5/c1-5-37-20(34)12-11-19(25(36)38-6-2)30-24(35)16-7-9-18(10-8-16)33(4)14-17-13-29-23-21(15(17)3)22(27)31-26(28)32-23/h7-10,13,19H,5-6,11-12,14H2,1-4H3,(H,30,35)(H4,27,28,29,31,32)/t19-/m0/s1. The molecule has 38 heavy (non-hydrogen) atoms. The zero-order valence-electron chi connectivity index (χ0n) is 22.0. The van der Waals surface area contributed by atoms with Crippen molar-refractivity contribution < 1.29 is 23.9 Å². The third-order valence-corrected chi connectivity index (χ3v) is 5.93. The van der Waals surface area contributed by atoms with Gasteiger partial charge >= 0.3 is 11.9 Å². The number of benzene rings is 1. The molecule has 0 unspecified atom stereocenters. The van der Waals surface area contributed by atoms with Crippen LogP contribution in [0.15, 0.2) is 30.5 Å². The van der Waals surface area contributed by atoms with Crippen molar-refractivity contribution >= 4 is 46.3 Å². The number of nitrogens with zero attached hydrogens (tertiary/aromatic N) is 4.